The second-order valence-electron chi connectivity index (χ2n) is 12.4. The fourth-order valence-electron chi connectivity index (χ4n) is 6.51. The average Bonchev–Trinajstić information content (AvgIpc) is 3.29. The van der Waals surface area contributed by atoms with Crippen LogP contribution in [-0.2, 0) is 19.9 Å². The highest BCUT2D eigenvalue weighted by Gasteiger charge is 2.37. The molecule has 0 bridgehead atoms. The van der Waals surface area contributed by atoms with E-state index >= 15 is 0 Å². The molecule has 8 nitrogen and oxygen atoms in total. The Hall–Kier alpha value is -3.42. The first-order valence-corrected chi connectivity index (χ1v) is 17.4. The van der Waals surface area contributed by atoms with E-state index in [2.05, 4.69) is 19.0 Å². The molecule has 0 unspecified atom stereocenters. The van der Waals surface area contributed by atoms with E-state index in [0.29, 0.717) is 47.2 Å². The maximum Gasteiger partial charge on any atom is 0.243 e. The minimum atomic E-state index is -4.06. The third-order valence-corrected chi connectivity index (χ3v) is 13.3. The Morgan fingerprint density at radius 2 is 1.30 bits per heavy atom. The lowest BCUT2D eigenvalue weighted by molar-refractivity contribution is 0.246. The molecule has 1 aliphatic heterocycles. The number of oxime groups is 1. The summed E-state index contributed by atoms with van der Waals surface area (Å²) in [4.78, 5) is 1.40. The van der Waals surface area contributed by atoms with Crippen LogP contribution in [0, 0.1) is 22.9 Å². The molecule has 0 atom stereocenters. The maximum atomic E-state index is 14.3. The lowest BCUT2D eigenvalue weighted by atomic mass is 9.77. The van der Waals surface area contributed by atoms with E-state index in [1.807, 2.05) is 0 Å². The zero-order chi connectivity index (χ0) is 31.6. The highest BCUT2D eigenvalue weighted by molar-refractivity contribution is 7.92. The highest BCUT2D eigenvalue weighted by Crippen LogP contribution is 2.42. The van der Waals surface area contributed by atoms with Crippen LogP contribution < -0.4 is 4.90 Å². The number of halogens is 3. The number of sulfonamides is 1. The first-order valence-electron chi connectivity index (χ1n) is 14.4. The van der Waals surface area contributed by atoms with Gasteiger partial charge in [0.15, 0.2) is 21.5 Å². The van der Waals surface area contributed by atoms with E-state index in [9.17, 15) is 35.2 Å². The summed E-state index contributed by atoms with van der Waals surface area (Å²) in [6, 6.07) is 10.3. The summed E-state index contributed by atoms with van der Waals surface area (Å²) in [7, 11) is -7.70. The van der Waals surface area contributed by atoms with Crippen LogP contribution in [-0.4, -0.2) is 63.5 Å². The molecule has 1 N–H and O–H groups in total. The van der Waals surface area contributed by atoms with Gasteiger partial charge in [0, 0.05) is 49.4 Å². The van der Waals surface area contributed by atoms with Gasteiger partial charge >= 0.3 is 0 Å². The normalized spacial score (nSPS) is 20.1. The second-order valence-corrected chi connectivity index (χ2v) is 16.5. The summed E-state index contributed by atoms with van der Waals surface area (Å²) in [5.41, 5.74) is 1.72. The summed E-state index contributed by atoms with van der Waals surface area (Å²) in [6.07, 6.45) is 2.75. The number of piperazine rings is 1. The molecule has 2 aliphatic carbocycles. The molecule has 0 radical (unpaired) electrons. The van der Waals surface area contributed by atoms with E-state index in [1.54, 1.807) is 18.2 Å². The highest BCUT2D eigenvalue weighted by atomic mass is 32.2. The Morgan fingerprint density at radius 3 is 1.84 bits per heavy atom. The molecule has 0 aromatic heterocycles. The van der Waals surface area contributed by atoms with Crippen LogP contribution in [0.3, 0.4) is 0 Å². The predicted molar refractivity (Wildman–Crippen MR) is 160 cm³/mol. The zero-order valence-corrected chi connectivity index (χ0v) is 25.9. The van der Waals surface area contributed by atoms with Gasteiger partial charge in [0.2, 0.25) is 10.0 Å². The van der Waals surface area contributed by atoms with E-state index in [0.717, 1.165) is 12.8 Å². The Kier molecular flexibility index (Phi) is 7.57. The van der Waals surface area contributed by atoms with Crippen molar-refractivity contribution >= 4 is 31.3 Å². The topological polar surface area (TPSA) is 107 Å². The fourth-order valence-corrected chi connectivity index (χ4v) is 9.74. The van der Waals surface area contributed by atoms with Crippen molar-refractivity contribution in [3.05, 3.63) is 77.1 Å². The van der Waals surface area contributed by atoms with E-state index < -0.39 is 48.2 Å². The molecule has 13 heteroatoms. The largest absolute Gasteiger partial charge is 0.410 e. The van der Waals surface area contributed by atoms with Crippen LogP contribution in [0.5, 0.6) is 0 Å². The van der Waals surface area contributed by atoms with Crippen molar-refractivity contribution in [2.75, 3.05) is 31.1 Å². The number of fused-ring (bicyclic) bond motifs is 3. The fraction of sp³-hybridized carbons (Fsp3) is 0.387. The maximum absolute atomic E-state index is 14.3. The molecule has 2 fully saturated rings. The van der Waals surface area contributed by atoms with Gasteiger partial charge < -0.3 is 10.1 Å². The smallest absolute Gasteiger partial charge is 0.243 e. The van der Waals surface area contributed by atoms with E-state index in [-0.39, 0.29) is 47.1 Å². The number of hydrogen-bond donors (Lipinski definition) is 1. The Labute approximate surface area is 254 Å². The number of benzene rings is 3. The van der Waals surface area contributed by atoms with Gasteiger partial charge in [-0.3, -0.25) is 0 Å². The Morgan fingerprint density at radius 1 is 0.773 bits per heavy atom. The van der Waals surface area contributed by atoms with Crippen molar-refractivity contribution in [3.63, 3.8) is 0 Å². The van der Waals surface area contributed by atoms with Crippen LogP contribution in [0.1, 0.15) is 50.7 Å². The Balaban J connectivity index is 1.24. The van der Waals surface area contributed by atoms with Crippen molar-refractivity contribution in [3.8, 4) is 11.1 Å². The number of anilines is 1. The van der Waals surface area contributed by atoms with Gasteiger partial charge in [-0.1, -0.05) is 31.1 Å². The Bertz CT molecular complexity index is 1870. The summed E-state index contributed by atoms with van der Waals surface area (Å²) < 4.78 is 97.4. The van der Waals surface area contributed by atoms with Crippen LogP contribution >= 0.6 is 0 Å². The molecule has 0 spiro atoms. The molecule has 1 saturated heterocycles. The molecular formula is C31H32F3N3O5S2. The third kappa shape index (κ3) is 5.18. The summed E-state index contributed by atoms with van der Waals surface area (Å²) in [5, 5.41) is 12.9. The van der Waals surface area contributed by atoms with Crippen LogP contribution in [0.4, 0.5) is 18.9 Å². The lowest BCUT2D eigenvalue weighted by Gasteiger charge is -2.35. The molecule has 234 valence electrons. The SMILES string of the molecule is CC1(C)CCC(S(=O)(=O)c2ccc3c(c2)/C(=N\O)c2cc(S(=O)(=O)N4CCN(c5c(F)cc(F)cc5F)CC4)ccc2-3)CC1. The summed E-state index contributed by atoms with van der Waals surface area (Å²) in [6.45, 7) is 4.09. The van der Waals surface area contributed by atoms with Gasteiger partial charge in [0.25, 0.3) is 0 Å². The van der Waals surface area contributed by atoms with Gasteiger partial charge in [-0.2, -0.15) is 4.31 Å². The van der Waals surface area contributed by atoms with Crippen molar-refractivity contribution in [2.24, 2.45) is 10.6 Å². The molecule has 1 heterocycles. The second kappa shape index (κ2) is 10.9. The van der Waals surface area contributed by atoms with Crippen molar-refractivity contribution in [1.82, 2.24) is 4.31 Å². The first kappa shape index (κ1) is 30.6. The van der Waals surface area contributed by atoms with Crippen molar-refractivity contribution < 1.29 is 35.2 Å². The van der Waals surface area contributed by atoms with Crippen LogP contribution in [0.15, 0.2) is 63.5 Å². The van der Waals surface area contributed by atoms with Crippen LogP contribution in [0.2, 0.25) is 0 Å². The third-order valence-electron chi connectivity index (χ3n) is 9.11. The monoisotopic (exact) mass is 647 g/mol. The van der Waals surface area contributed by atoms with E-state index in [1.165, 1.54) is 27.4 Å². The zero-order valence-electron chi connectivity index (χ0n) is 24.2. The molecular weight excluding hydrogens is 615 g/mol. The molecule has 44 heavy (non-hydrogen) atoms. The molecule has 3 aromatic carbocycles. The predicted octanol–water partition coefficient (Wildman–Crippen LogP) is 5.56. The standard InChI is InChI=1S/C31H32F3N3O5S2/c1-31(2)9-7-20(8-10-31)43(39,40)21-3-5-23-24-6-4-22(18-26(24)29(35-38)25(23)17-21)44(41,42)37-13-11-36(12-14-37)30-27(33)15-19(32)16-28(30)34/h3-6,15-18,20,38H,7-14H2,1-2H3/b35-29+. The number of sulfone groups is 1. The van der Waals surface area contributed by atoms with Crippen molar-refractivity contribution in [2.45, 2.75) is 54.6 Å². The van der Waals surface area contributed by atoms with Gasteiger partial charge in [0.05, 0.1) is 15.0 Å². The molecule has 3 aliphatic rings. The minimum Gasteiger partial charge on any atom is -0.410 e. The average molecular weight is 648 g/mol. The summed E-state index contributed by atoms with van der Waals surface area (Å²) in [5.74, 6) is -3.17. The number of nitrogens with zero attached hydrogens (tertiary/aromatic N) is 3. The van der Waals surface area contributed by atoms with Gasteiger partial charge in [-0.05, 0) is 66.5 Å². The van der Waals surface area contributed by atoms with E-state index in [4.69, 9.17) is 0 Å². The molecule has 3 aromatic rings. The minimum absolute atomic E-state index is 0.0197. The van der Waals surface area contributed by atoms with Gasteiger partial charge in [-0.15, -0.1) is 0 Å². The first-order chi connectivity index (χ1) is 20.7. The quantitative estimate of drug-likeness (QED) is 0.225. The molecule has 0 amide bonds. The number of rotatable bonds is 5. The molecule has 6 rings (SSSR count). The van der Waals surface area contributed by atoms with Gasteiger partial charge in [0.1, 0.15) is 17.2 Å². The number of hydrogen-bond acceptors (Lipinski definition) is 7. The van der Waals surface area contributed by atoms with Crippen LogP contribution in [0.25, 0.3) is 11.1 Å². The lowest BCUT2D eigenvalue weighted by Crippen LogP contribution is -2.49. The summed E-state index contributed by atoms with van der Waals surface area (Å²) >= 11 is 0. The van der Waals surface area contributed by atoms with Gasteiger partial charge in [-0.25, -0.2) is 30.0 Å². The van der Waals surface area contributed by atoms with Crippen molar-refractivity contribution in [1.29, 1.82) is 0 Å². The molecule has 1 saturated carbocycles.